The van der Waals surface area contributed by atoms with E-state index >= 15 is 0 Å². The van der Waals surface area contributed by atoms with Crippen molar-refractivity contribution in [2.24, 2.45) is 15.0 Å². The van der Waals surface area contributed by atoms with Crippen LogP contribution in [-0.2, 0) is 36.1 Å². The van der Waals surface area contributed by atoms with Gasteiger partial charge in [-0.2, -0.15) is 0 Å². The Bertz CT molecular complexity index is 1560. The predicted octanol–water partition coefficient (Wildman–Crippen LogP) is 5.74. The standard InChI is InChI=1S/C25H27N7O6S2/c1-2-20(25(34)28-21-13-17-24(18-14-21)40(37,38)32-30-27)8-4-3-5-9-22(33)10-6-7-19-11-15-23(16-12-19)39(35,36)31-29-26/h2-3,5,11-18,20H,1,4,6-10H2,(H,28,34)/b5-3+. The molecule has 0 bridgehead atoms. The number of anilines is 1. The molecule has 0 fully saturated rings. The minimum atomic E-state index is -4.11. The lowest BCUT2D eigenvalue weighted by atomic mass is 10.0. The Morgan fingerprint density at radius 2 is 1.45 bits per heavy atom. The van der Waals surface area contributed by atoms with Crippen LogP contribution in [0.3, 0.4) is 0 Å². The number of hydrogen-bond donors (Lipinski definition) is 1. The van der Waals surface area contributed by atoms with Gasteiger partial charge < -0.3 is 5.32 Å². The molecule has 0 radical (unpaired) electrons. The molecule has 0 aliphatic rings. The van der Waals surface area contributed by atoms with Crippen molar-refractivity contribution < 1.29 is 26.4 Å². The summed E-state index contributed by atoms with van der Waals surface area (Å²) in [5.74, 6) is -0.795. The quantitative estimate of drug-likeness (QED) is 0.112. The molecule has 0 heterocycles. The fourth-order valence-corrected chi connectivity index (χ4v) is 4.86. The molecule has 15 heteroatoms. The Hall–Kier alpha value is -4.42. The molecule has 0 aromatic heterocycles. The van der Waals surface area contributed by atoms with Crippen molar-refractivity contribution in [3.63, 3.8) is 0 Å². The summed E-state index contributed by atoms with van der Waals surface area (Å²) in [7, 11) is -8.13. The first-order chi connectivity index (χ1) is 19.0. The van der Waals surface area contributed by atoms with E-state index in [-0.39, 0.29) is 27.9 Å². The predicted molar refractivity (Wildman–Crippen MR) is 149 cm³/mol. The first kappa shape index (κ1) is 31.8. The van der Waals surface area contributed by atoms with Gasteiger partial charge in [-0.1, -0.05) is 30.4 Å². The fraction of sp³-hybridized carbons (Fsp3) is 0.280. The third kappa shape index (κ3) is 10.0. The molecule has 0 aliphatic carbocycles. The van der Waals surface area contributed by atoms with Crippen LogP contribution in [0.5, 0.6) is 0 Å². The third-order valence-electron chi connectivity index (χ3n) is 5.63. The van der Waals surface area contributed by atoms with Crippen LogP contribution >= 0.6 is 0 Å². The molecule has 40 heavy (non-hydrogen) atoms. The normalized spacial score (nSPS) is 12.1. The highest BCUT2D eigenvalue weighted by Crippen LogP contribution is 2.19. The lowest BCUT2D eigenvalue weighted by molar-refractivity contribution is -0.119. The zero-order chi connectivity index (χ0) is 29.6. The summed E-state index contributed by atoms with van der Waals surface area (Å²) in [6, 6.07) is 11.2. The Morgan fingerprint density at radius 3 is 1.98 bits per heavy atom. The van der Waals surface area contributed by atoms with E-state index < -0.39 is 26.0 Å². The lowest BCUT2D eigenvalue weighted by Gasteiger charge is -2.12. The number of ketones is 1. The summed E-state index contributed by atoms with van der Waals surface area (Å²) < 4.78 is 52.4. The Balaban J connectivity index is 1.74. The highest BCUT2D eigenvalue weighted by Gasteiger charge is 2.16. The Labute approximate surface area is 232 Å². The van der Waals surface area contributed by atoms with Crippen LogP contribution in [0.1, 0.15) is 37.7 Å². The highest BCUT2D eigenvalue weighted by atomic mass is 32.2. The minimum Gasteiger partial charge on any atom is -0.326 e. The SMILES string of the molecule is C=CC(CC/C=C/CC(=O)CCCc1ccc(S(=O)(=O)N=[N+]=[N-])cc1)C(=O)Nc1ccc(S(=O)(=O)N=[N+]=[N-])cc1. The molecule has 13 nitrogen and oxygen atoms in total. The number of benzene rings is 2. The molecule has 1 atom stereocenters. The molecule has 0 aliphatic heterocycles. The van der Waals surface area contributed by atoms with Crippen LogP contribution < -0.4 is 5.32 Å². The van der Waals surface area contributed by atoms with Crippen molar-refractivity contribution in [2.45, 2.75) is 48.3 Å². The number of hydrogen-bond acceptors (Lipinski definition) is 6. The number of nitrogens with zero attached hydrogens (tertiary/aromatic N) is 6. The van der Waals surface area contributed by atoms with Crippen molar-refractivity contribution in [1.82, 2.24) is 0 Å². The Kier molecular flexibility index (Phi) is 12.1. The average Bonchev–Trinajstić information content (AvgIpc) is 2.91. The number of nitrogens with one attached hydrogen (secondary N) is 1. The van der Waals surface area contributed by atoms with E-state index in [0.717, 1.165) is 5.56 Å². The summed E-state index contributed by atoms with van der Waals surface area (Å²) in [4.78, 5) is 29.0. The van der Waals surface area contributed by atoms with E-state index in [0.29, 0.717) is 37.8 Å². The van der Waals surface area contributed by atoms with Gasteiger partial charge in [0.25, 0.3) is 20.0 Å². The number of azide groups is 2. The molecule has 0 saturated carbocycles. The van der Waals surface area contributed by atoms with Gasteiger partial charge in [0.2, 0.25) is 5.91 Å². The molecule has 210 valence electrons. The first-order valence-electron chi connectivity index (χ1n) is 11.9. The second kappa shape index (κ2) is 15.2. The van der Waals surface area contributed by atoms with Crippen LogP contribution in [0.25, 0.3) is 20.9 Å². The molecule has 0 saturated heterocycles. The molecule has 0 spiro atoms. The smallest absolute Gasteiger partial charge is 0.264 e. The van der Waals surface area contributed by atoms with Gasteiger partial charge in [0, 0.05) is 37.4 Å². The second-order valence-electron chi connectivity index (χ2n) is 8.44. The number of amides is 1. The van der Waals surface area contributed by atoms with Crippen molar-refractivity contribution >= 4 is 37.4 Å². The topological polar surface area (TPSA) is 212 Å². The summed E-state index contributed by atoms with van der Waals surface area (Å²) >= 11 is 0. The number of Topliss-reactive ketones (excluding diaryl/α,β-unsaturated/α-hetero) is 1. The van der Waals surface area contributed by atoms with Crippen LogP contribution in [0.2, 0.25) is 0 Å². The molecule has 1 N–H and O–H groups in total. The Morgan fingerprint density at radius 1 is 0.900 bits per heavy atom. The van der Waals surface area contributed by atoms with Crippen LogP contribution in [0.15, 0.2) is 92.2 Å². The van der Waals surface area contributed by atoms with Gasteiger partial charge in [-0.05, 0) is 78.7 Å². The number of allylic oxidation sites excluding steroid dienone is 2. The van der Waals surface area contributed by atoms with E-state index in [1.807, 2.05) is 6.08 Å². The highest BCUT2D eigenvalue weighted by molar-refractivity contribution is 7.90. The lowest BCUT2D eigenvalue weighted by Crippen LogP contribution is -2.21. The van der Waals surface area contributed by atoms with Gasteiger partial charge in [0.15, 0.2) is 0 Å². The van der Waals surface area contributed by atoms with Crippen molar-refractivity contribution in [3.05, 3.63) is 99.8 Å². The first-order valence-corrected chi connectivity index (χ1v) is 14.8. The summed E-state index contributed by atoms with van der Waals surface area (Å²) in [5.41, 5.74) is 17.9. The van der Waals surface area contributed by atoms with Crippen LogP contribution in [0, 0.1) is 5.92 Å². The van der Waals surface area contributed by atoms with Crippen molar-refractivity contribution in [1.29, 1.82) is 0 Å². The van der Waals surface area contributed by atoms with Gasteiger partial charge in [0.1, 0.15) is 5.78 Å². The minimum absolute atomic E-state index is 0.0442. The van der Waals surface area contributed by atoms with Gasteiger partial charge in [-0.25, -0.2) is 16.8 Å². The fourth-order valence-electron chi connectivity index (χ4n) is 3.52. The van der Waals surface area contributed by atoms with E-state index in [1.165, 1.54) is 42.5 Å². The summed E-state index contributed by atoms with van der Waals surface area (Å²) in [6.07, 6.45) is 7.84. The molecule has 1 amide bonds. The molecular weight excluding hydrogens is 558 g/mol. The number of carbonyl (C=O) groups excluding carboxylic acids is 2. The second-order valence-corrected chi connectivity index (χ2v) is 11.6. The van der Waals surface area contributed by atoms with E-state index in [2.05, 4.69) is 30.8 Å². The zero-order valence-electron chi connectivity index (χ0n) is 21.3. The molecule has 2 rings (SSSR count). The monoisotopic (exact) mass is 585 g/mol. The summed E-state index contributed by atoms with van der Waals surface area (Å²) in [6.45, 7) is 3.69. The molecule has 2 aromatic carbocycles. The van der Waals surface area contributed by atoms with E-state index in [4.69, 9.17) is 11.1 Å². The molecular formula is C25H27N7O6S2. The number of aryl methyl sites for hydroxylation is 1. The maximum absolute atomic E-state index is 12.5. The van der Waals surface area contributed by atoms with Gasteiger partial charge in [-0.3, -0.25) is 9.59 Å². The largest absolute Gasteiger partial charge is 0.326 e. The average molecular weight is 586 g/mol. The summed E-state index contributed by atoms with van der Waals surface area (Å²) in [5, 5.41) is 2.68. The van der Waals surface area contributed by atoms with Crippen molar-refractivity contribution in [2.75, 3.05) is 5.32 Å². The zero-order valence-corrected chi connectivity index (χ0v) is 23.0. The number of carbonyl (C=O) groups is 2. The molecule has 2 aromatic rings. The van der Waals surface area contributed by atoms with Gasteiger partial charge >= 0.3 is 0 Å². The van der Waals surface area contributed by atoms with E-state index in [9.17, 15) is 26.4 Å². The van der Waals surface area contributed by atoms with Crippen molar-refractivity contribution in [3.8, 4) is 0 Å². The van der Waals surface area contributed by atoms with E-state index in [1.54, 1.807) is 18.2 Å². The van der Waals surface area contributed by atoms with Crippen LogP contribution in [0.4, 0.5) is 5.69 Å². The van der Waals surface area contributed by atoms with Crippen LogP contribution in [-0.4, -0.2) is 28.5 Å². The third-order valence-corrected chi connectivity index (χ3v) is 7.94. The number of sulfonamides is 2. The number of rotatable bonds is 16. The van der Waals surface area contributed by atoms with Gasteiger partial charge in [-0.15, -0.1) is 6.58 Å². The maximum Gasteiger partial charge on any atom is 0.264 e. The maximum atomic E-state index is 12.5. The molecule has 1 unspecified atom stereocenters. The van der Waals surface area contributed by atoms with Gasteiger partial charge in [0.05, 0.1) is 15.7 Å².